The van der Waals surface area contributed by atoms with Crippen molar-refractivity contribution in [2.24, 2.45) is 0 Å². The van der Waals surface area contributed by atoms with Gasteiger partial charge in [-0.05, 0) is 48.9 Å². The number of hydrogen-bond donors (Lipinski definition) is 2. The number of anilines is 2. The first-order valence-electron chi connectivity index (χ1n) is 9.40. The number of rotatable bonds is 6. The molecule has 0 spiro atoms. The Labute approximate surface area is 172 Å². The van der Waals surface area contributed by atoms with Gasteiger partial charge in [-0.25, -0.2) is 9.07 Å². The molecule has 0 atom stereocenters. The average Bonchev–Trinajstić information content (AvgIpc) is 2.73. The van der Waals surface area contributed by atoms with E-state index < -0.39 is 17.3 Å². The molecule has 0 aliphatic carbocycles. The molecule has 8 heteroatoms. The van der Waals surface area contributed by atoms with E-state index in [0.29, 0.717) is 29.1 Å². The Bertz CT molecular complexity index is 1140. The summed E-state index contributed by atoms with van der Waals surface area (Å²) < 4.78 is 14.0. The highest BCUT2D eigenvalue weighted by molar-refractivity contribution is 5.92. The van der Waals surface area contributed by atoms with Gasteiger partial charge in [0.2, 0.25) is 11.8 Å². The lowest BCUT2D eigenvalue weighted by molar-refractivity contribution is -0.117. The van der Waals surface area contributed by atoms with Gasteiger partial charge in [0.15, 0.2) is 0 Å². The zero-order valence-corrected chi connectivity index (χ0v) is 16.6. The largest absolute Gasteiger partial charge is 0.326 e. The van der Waals surface area contributed by atoms with Crippen LogP contribution in [-0.2, 0) is 16.1 Å². The van der Waals surface area contributed by atoms with E-state index in [0.717, 1.165) is 10.2 Å². The van der Waals surface area contributed by atoms with Crippen LogP contribution in [-0.4, -0.2) is 21.6 Å². The second-order valence-corrected chi connectivity index (χ2v) is 6.70. The molecule has 7 nitrogen and oxygen atoms in total. The molecule has 2 aromatic carbocycles. The van der Waals surface area contributed by atoms with E-state index in [1.54, 1.807) is 19.1 Å². The van der Waals surface area contributed by atoms with E-state index in [1.165, 1.54) is 30.3 Å². The van der Waals surface area contributed by atoms with Gasteiger partial charge >= 0.3 is 0 Å². The molecular formula is C22H21FN4O3. The number of amides is 2. The number of carbonyl (C=O) groups excluding carboxylic acids is 2. The monoisotopic (exact) mass is 408 g/mol. The Morgan fingerprint density at radius 2 is 1.73 bits per heavy atom. The smallest absolute Gasteiger partial charge is 0.267 e. The van der Waals surface area contributed by atoms with Crippen LogP contribution >= 0.6 is 0 Å². The van der Waals surface area contributed by atoms with Crippen molar-refractivity contribution in [3.8, 4) is 11.3 Å². The van der Waals surface area contributed by atoms with E-state index >= 15 is 0 Å². The molecule has 0 aliphatic heterocycles. The van der Waals surface area contributed by atoms with Crippen molar-refractivity contribution in [3.05, 3.63) is 76.3 Å². The quantitative estimate of drug-likeness (QED) is 0.654. The molecule has 0 aliphatic rings. The first-order chi connectivity index (χ1) is 14.4. The second-order valence-electron chi connectivity index (χ2n) is 6.70. The number of hydrogen-bond acceptors (Lipinski definition) is 4. The van der Waals surface area contributed by atoms with E-state index in [1.807, 2.05) is 19.1 Å². The zero-order chi connectivity index (χ0) is 21.7. The minimum absolute atomic E-state index is 0.106. The molecule has 2 amide bonds. The number of nitrogens with zero attached hydrogens (tertiary/aromatic N) is 2. The molecular weight excluding hydrogens is 387 g/mol. The van der Waals surface area contributed by atoms with Crippen LogP contribution in [0, 0.1) is 12.7 Å². The fourth-order valence-corrected chi connectivity index (χ4v) is 2.74. The maximum Gasteiger partial charge on any atom is 0.267 e. The average molecular weight is 408 g/mol. The molecule has 0 unspecified atom stereocenters. The fraction of sp³-hybridized carbons (Fsp3) is 0.182. The SMILES string of the molecule is CCC(=O)Nc1cc(-c2ccc(=O)n(CC(=O)Nc3ccc(F)cc3)n2)ccc1C. The van der Waals surface area contributed by atoms with E-state index in [4.69, 9.17) is 0 Å². The van der Waals surface area contributed by atoms with Gasteiger partial charge in [0.05, 0.1) is 5.69 Å². The summed E-state index contributed by atoms with van der Waals surface area (Å²) >= 11 is 0. The van der Waals surface area contributed by atoms with Gasteiger partial charge in [-0.15, -0.1) is 0 Å². The first kappa shape index (κ1) is 20.9. The minimum Gasteiger partial charge on any atom is -0.326 e. The topological polar surface area (TPSA) is 93.1 Å². The molecule has 1 aromatic heterocycles. The molecule has 3 rings (SSSR count). The van der Waals surface area contributed by atoms with Crippen LogP contribution in [0.25, 0.3) is 11.3 Å². The highest BCUT2D eigenvalue weighted by Crippen LogP contribution is 2.23. The third-order valence-electron chi connectivity index (χ3n) is 4.42. The highest BCUT2D eigenvalue weighted by atomic mass is 19.1. The summed E-state index contributed by atoms with van der Waals surface area (Å²) in [6.07, 6.45) is 0.357. The van der Waals surface area contributed by atoms with Crippen LogP contribution in [0.15, 0.2) is 59.4 Å². The predicted molar refractivity (Wildman–Crippen MR) is 113 cm³/mol. The Kier molecular flexibility index (Phi) is 6.36. The first-order valence-corrected chi connectivity index (χ1v) is 9.40. The van der Waals surface area contributed by atoms with Crippen molar-refractivity contribution in [3.63, 3.8) is 0 Å². The van der Waals surface area contributed by atoms with Crippen LogP contribution in [0.3, 0.4) is 0 Å². The third kappa shape index (κ3) is 5.16. The van der Waals surface area contributed by atoms with E-state index in [9.17, 15) is 18.8 Å². The molecule has 154 valence electrons. The van der Waals surface area contributed by atoms with Crippen molar-refractivity contribution in [2.75, 3.05) is 10.6 Å². The number of nitrogens with one attached hydrogen (secondary N) is 2. The summed E-state index contributed by atoms with van der Waals surface area (Å²) in [4.78, 5) is 36.2. The number of aryl methyl sites for hydroxylation is 1. The molecule has 30 heavy (non-hydrogen) atoms. The van der Waals surface area contributed by atoms with Gasteiger partial charge in [-0.1, -0.05) is 19.1 Å². The van der Waals surface area contributed by atoms with Crippen molar-refractivity contribution >= 4 is 23.2 Å². The normalized spacial score (nSPS) is 10.5. The van der Waals surface area contributed by atoms with Gasteiger partial charge in [0, 0.05) is 29.4 Å². The molecule has 0 radical (unpaired) electrons. The maximum atomic E-state index is 13.0. The van der Waals surface area contributed by atoms with Crippen LogP contribution in [0.1, 0.15) is 18.9 Å². The minimum atomic E-state index is -0.465. The van der Waals surface area contributed by atoms with E-state index in [2.05, 4.69) is 15.7 Å². The van der Waals surface area contributed by atoms with Crippen LogP contribution < -0.4 is 16.2 Å². The van der Waals surface area contributed by atoms with E-state index in [-0.39, 0.29) is 12.5 Å². The summed E-state index contributed by atoms with van der Waals surface area (Å²) in [5.41, 5.74) is 2.72. The molecule has 2 N–H and O–H groups in total. The van der Waals surface area contributed by atoms with Crippen LogP contribution in [0.4, 0.5) is 15.8 Å². The lowest BCUT2D eigenvalue weighted by atomic mass is 10.1. The number of aromatic nitrogens is 2. The third-order valence-corrected chi connectivity index (χ3v) is 4.42. The fourth-order valence-electron chi connectivity index (χ4n) is 2.74. The van der Waals surface area contributed by atoms with Gasteiger partial charge in [-0.3, -0.25) is 14.4 Å². The Balaban J connectivity index is 1.82. The summed E-state index contributed by atoms with van der Waals surface area (Å²) in [6.45, 7) is 3.35. The lowest BCUT2D eigenvalue weighted by Crippen LogP contribution is -2.29. The summed E-state index contributed by atoms with van der Waals surface area (Å²) in [5.74, 6) is -0.981. The van der Waals surface area contributed by atoms with Crippen molar-refractivity contribution in [1.82, 2.24) is 9.78 Å². The zero-order valence-electron chi connectivity index (χ0n) is 16.6. The Morgan fingerprint density at radius 1 is 1.00 bits per heavy atom. The summed E-state index contributed by atoms with van der Waals surface area (Å²) in [5, 5.41) is 9.71. The van der Waals surface area contributed by atoms with Crippen molar-refractivity contribution in [2.45, 2.75) is 26.8 Å². The van der Waals surface area contributed by atoms with Gasteiger partial charge in [-0.2, -0.15) is 5.10 Å². The van der Waals surface area contributed by atoms with Crippen LogP contribution in [0.2, 0.25) is 0 Å². The molecule has 0 saturated heterocycles. The second kappa shape index (κ2) is 9.13. The summed E-state index contributed by atoms with van der Waals surface area (Å²) in [7, 11) is 0. The summed E-state index contributed by atoms with van der Waals surface area (Å²) in [6, 6.07) is 13.7. The predicted octanol–water partition coefficient (Wildman–Crippen LogP) is 3.35. The maximum absolute atomic E-state index is 13.0. The van der Waals surface area contributed by atoms with Crippen molar-refractivity contribution in [1.29, 1.82) is 0 Å². The van der Waals surface area contributed by atoms with Gasteiger partial charge in [0.1, 0.15) is 12.4 Å². The number of halogens is 1. The molecule has 0 bridgehead atoms. The number of carbonyl (C=O) groups is 2. The highest BCUT2D eigenvalue weighted by Gasteiger charge is 2.11. The van der Waals surface area contributed by atoms with Gasteiger partial charge in [0.25, 0.3) is 5.56 Å². The molecule has 1 heterocycles. The lowest BCUT2D eigenvalue weighted by Gasteiger charge is -2.11. The standard InChI is InChI=1S/C22H21FN4O3/c1-3-20(28)25-19-12-15(5-4-14(19)2)18-10-11-22(30)27(26-18)13-21(29)24-17-8-6-16(23)7-9-17/h4-12H,3,13H2,1-2H3,(H,24,29)(H,25,28). The Hall–Kier alpha value is -3.81. The van der Waals surface area contributed by atoms with Crippen molar-refractivity contribution < 1.29 is 14.0 Å². The van der Waals surface area contributed by atoms with Gasteiger partial charge < -0.3 is 10.6 Å². The molecule has 0 saturated carbocycles. The van der Waals surface area contributed by atoms with Crippen LogP contribution in [0.5, 0.6) is 0 Å². The Morgan fingerprint density at radius 3 is 2.43 bits per heavy atom. The number of benzene rings is 2. The molecule has 0 fully saturated rings. The molecule has 3 aromatic rings.